The SMILES string of the molecule is CCOc1cc(-c2c(C)cccc2C)nc(NS(=O)(=O)c2cnn(C)c2)n1. The Kier molecular flexibility index (Phi) is 5.13. The molecular formula is C18H21N5O3S. The maximum absolute atomic E-state index is 12.6. The molecule has 9 heteroatoms. The summed E-state index contributed by atoms with van der Waals surface area (Å²) in [6.45, 7) is 6.19. The molecule has 1 N–H and O–H groups in total. The lowest BCUT2D eigenvalue weighted by Crippen LogP contribution is -2.15. The first-order chi connectivity index (χ1) is 12.8. The molecule has 0 bridgehead atoms. The van der Waals surface area contributed by atoms with E-state index >= 15 is 0 Å². The van der Waals surface area contributed by atoms with E-state index in [1.807, 2.05) is 39.0 Å². The van der Waals surface area contributed by atoms with Crippen LogP contribution in [0.2, 0.25) is 0 Å². The van der Waals surface area contributed by atoms with Crippen LogP contribution in [0.15, 0.2) is 41.6 Å². The summed E-state index contributed by atoms with van der Waals surface area (Å²) in [5.41, 5.74) is 3.56. The molecule has 0 radical (unpaired) electrons. The molecule has 8 nitrogen and oxygen atoms in total. The number of hydrogen-bond donors (Lipinski definition) is 1. The molecule has 3 rings (SSSR count). The van der Waals surface area contributed by atoms with Crippen LogP contribution in [0, 0.1) is 13.8 Å². The maximum Gasteiger partial charge on any atom is 0.267 e. The Balaban J connectivity index is 2.07. The van der Waals surface area contributed by atoms with Crippen LogP contribution >= 0.6 is 0 Å². The first kappa shape index (κ1) is 18.8. The number of sulfonamides is 1. The van der Waals surface area contributed by atoms with E-state index in [2.05, 4.69) is 19.8 Å². The van der Waals surface area contributed by atoms with Gasteiger partial charge in [0.2, 0.25) is 11.8 Å². The highest BCUT2D eigenvalue weighted by Gasteiger charge is 2.19. The standard InChI is InChI=1S/C18H21N5O3S/c1-5-26-16-9-15(17-12(2)7-6-8-13(17)3)20-18(21-16)22-27(24,25)14-10-19-23(4)11-14/h6-11H,5H2,1-4H3,(H,20,21,22). The summed E-state index contributed by atoms with van der Waals surface area (Å²) in [6.07, 6.45) is 2.67. The molecule has 0 saturated heterocycles. The van der Waals surface area contributed by atoms with E-state index < -0.39 is 10.0 Å². The predicted molar refractivity (Wildman–Crippen MR) is 102 cm³/mol. The van der Waals surface area contributed by atoms with Crippen molar-refractivity contribution < 1.29 is 13.2 Å². The Morgan fingerprint density at radius 3 is 2.48 bits per heavy atom. The van der Waals surface area contributed by atoms with Crippen molar-refractivity contribution in [1.29, 1.82) is 0 Å². The van der Waals surface area contributed by atoms with Gasteiger partial charge in [-0.1, -0.05) is 18.2 Å². The van der Waals surface area contributed by atoms with Gasteiger partial charge in [-0.05, 0) is 31.9 Å². The topological polar surface area (TPSA) is 99.0 Å². The Hall–Kier alpha value is -2.94. The third-order valence-corrected chi connectivity index (χ3v) is 5.23. The second-order valence-electron chi connectivity index (χ2n) is 6.07. The van der Waals surface area contributed by atoms with Gasteiger partial charge in [-0.15, -0.1) is 0 Å². The molecule has 0 atom stereocenters. The molecule has 3 aromatic rings. The number of ether oxygens (including phenoxy) is 1. The lowest BCUT2D eigenvalue weighted by Gasteiger charge is -2.13. The largest absolute Gasteiger partial charge is 0.478 e. The van der Waals surface area contributed by atoms with E-state index in [1.54, 1.807) is 13.1 Å². The molecule has 0 unspecified atom stereocenters. The van der Waals surface area contributed by atoms with Crippen molar-refractivity contribution in [2.24, 2.45) is 7.05 Å². The van der Waals surface area contributed by atoms with E-state index in [4.69, 9.17) is 4.74 Å². The summed E-state index contributed by atoms with van der Waals surface area (Å²) in [5.74, 6) is 0.247. The van der Waals surface area contributed by atoms with Crippen LogP contribution in [0.4, 0.5) is 5.95 Å². The van der Waals surface area contributed by atoms with Gasteiger partial charge < -0.3 is 4.74 Å². The van der Waals surface area contributed by atoms with Gasteiger partial charge in [-0.2, -0.15) is 10.1 Å². The van der Waals surface area contributed by atoms with Crippen LogP contribution in [-0.2, 0) is 17.1 Å². The zero-order chi connectivity index (χ0) is 19.6. The minimum Gasteiger partial charge on any atom is -0.478 e. The summed E-state index contributed by atoms with van der Waals surface area (Å²) < 4.78 is 34.5. The fraction of sp³-hybridized carbons (Fsp3) is 0.278. The summed E-state index contributed by atoms with van der Waals surface area (Å²) >= 11 is 0. The van der Waals surface area contributed by atoms with Crippen molar-refractivity contribution in [2.45, 2.75) is 25.7 Å². The van der Waals surface area contributed by atoms with Gasteiger partial charge in [0.25, 0.3) is 10.0 Å². The molecular weight excluding hydrogens is 366 g/mol. The Morgan fingerprint density at radius 2 is 1.89 bits per heavy atom. The molecule has 0 amide bonds. The average Bonchev–Trinajstić information content (AvgIpc) is 3.02. The van der Waals surface area contributed by atoms with Crippen molar-refractivity contribution in [2.75, 3.05) is 11.3 Å². The van der Waals surface area contributed by atoms with E-state index in [-0.39, 0.29) is 10.8 Å². The normalized spacial score (nSPS) is 11.4. The van der Waals surface area contributed by atoms with Gasteiger partial charge in [0.15, 0.2) is 0 Å². The smallest absolute Gasteiger partial charge is 0.267 e. The quantitative estimate of drug-likeness (QED) is 0.698. The maximum atomic E-state index is 12.6. The average molecular weight is 387 g/mol. The molecule has 1 aromatic carbocycles. The molecule has 2 heterocycles. The summed E-state index contributed by atoms with van der Waals surface area (Å²) in [7, 11) is -2.21. The number of rotatable bonds is 6. The minimum absolute atomic E-state index is 0.0315. The number of aryl methyl sites for hydroxylation is 3. The highest BCUT2D eigenvalue weighted by atomic mass is 32.2. The Morgan fingerprint density at radius 1 is 1.19 bits per heavy atom. The van der Waals surface area contributed by atoms with Crippen LogP contribution in [0.3, 0.4) is 0 Å². The first-order valence-electron chi connectivity index (χ1n) is 8.40. The third-order valence-electron chi connectivity index (χ3n) is 3.95. The molecule has 0 spiro atoms. The molecule has 142 valence electrons. The monoisotopic (exact) mass is 387 g/mol. The molecule has 2 aromatic heterocycles. The second-order valence-corrected chi connectivity index (χ2v) is 7.75. The van der Waals surface area contributed by atoms with Crippen molar-refractivity contribution >= 4 is 16.0 Å². The van der Waals surface area contributed by atoms with Gasteiger partial charge in [0, 0.05) is 24.9 Å². The summed E-state index contributed by atoms with van der Waals surface area (Å²) in [6, 6.07) is 7.63. The summed E-state index contributed by atoms with van der Waals surface area (Å²) in [5, 5.41) is 3.89. The van der Waals surface area contributed by atoms with Gasteiger partial charge >= 0.3 is 0 Å². The van der Waals surface area contributed by atoms with E-state index in [9.17, 15) is 8.42 Å². The van der Waals surface area contributed by atoms with Crippen LogP contribution < -0.4 is 9.46 Å². The fourth-order valence-corrected chi connectivity index (χ4v) is 3.68. The van der Waals surface area contributed by atoms with Gasteiger partial charge in [-0.25, -0.2) is 18.1 Å². The zero-order valence-corrected chi connectivity index (χ0v) is 16.4. The Labute approximate surface area is 158 Å². The number of nitrogens with one attached hydrogen (secondary N) is 1. The van der Waals surface area contributed by atoms with Gasteiger partial charge in [0.05, 0.1) is 18.5 Å². The number of benzene rings is 1. The van der Waals surface area contributed by atoms with E-state index in [1.165, 1.54) is 17.1 Å². The van der Waals surface area contributed by atoms with E-state index in [0.29, 0.717) is 18.2 Å². The fourth-order valence-electron chi connectivity index (χ4n) is 2.76. The van der Waals surface area contributed by atoms with Gasteiger partial charge in [-0.3, -0.25) is 4.68 Å². The first-order valence-corrected chi connectivity index (χ1v) is 9.88. The lowest BCUT2D eigenvalue weighted by molar-refractivity contribution is 0.327. The van der Waals surface area contributed by atoms with Crippen molar-refractivity contribution in [3.05, 3.63) is 47.8 Å². The number of hydrogen-bond acceptors (Lipinski definition) is 6. The zero-order valence-electron chi connectivity index (χ0n) is 15.6. The van der Waals surface area contributed by atoms with Crippen LogP contribution in [-0.4, -0.2) is 34.8 Å². The predicted octanol–water partition coefficient (Wildman–Crippen LogP) is 2.69. The molecule has 0 aliphatic carbocycles. The highest BCUT2D eigenvalue weighted by molar-refractivity contribution is 7.92. The van der Waals surface area contributed by atoms with Crippen LogP contribution in [0.25, 0.3) is 11.3 Å². The number of nitrogens with zero attached hydrogens (tertiary/aromatic N) is 4. The van der Waals surface area contributed by atoms with Gasteiger partial charge in [0.1, 0.15) is 4.90 Å². The van der Waals surface area contributed by atoms with Crippen LogP contribution in [0.5, 0.6) is 5.88 Å². The molecule has 0 aliphatic rings. The van der Waals surface area contributed by atoms with Crippen molar-refractivity contribution in [3.63, 3.8) is 0 Å². The molecule has 0 fully saturated rings. The lowest BCUT2D eigenvalue weighted by atomic mass is 10.00. The highest BCUT2D eigenvalue weighted by Crippen LogP contribution is 2.29. The summed E-state index contributed by atoms with van der Waals surface area (Å²) in [4.78, 5) is 8.62. The third kappa shape index (κ3) is 4.08. The number of aromatic nitrogens is 4. The van der Waals surface area contributed by atoms with Crippen molar-refractivity contribution in [3.8, 4) is 17.1 Å². The molecule has 27 heavy (non-hydrogen) atoms. The van der Waals surface area contributed by atoms with E-state index in [0.717, 1.165) is 16.7 Å². The van der Waals surface area contributed by atoms with Crippen molar-refractivity contribution in [1.82, 2.24) is 19.7 Å². The number of anilines is 1. The minimum atomic E-state index is -3.86. The Bertz CT molecular complexity index is 1060. The van der Waals surface area contributed by atoms with Crippen LogP contribution in [0.1, 0.15) is 18.1 Å². The molecule has 0 aliphatic heterocycles. The second kappa shape index (κ2) is 7.36. The molecule has 0 saturated carbocycles.